The number of rotatable bonds is 63. The highest BCUT2D eigenvalue weighted by atomic mass is 31.2. The molecule has 0 aliphatic carbocycles. The molecular weight excluding hydrogens is 1170 g/mol. The monoisotopic (exact) mass is 1290 g/mol. The van der Waals surface area contributed by atoms with Gasteiger partial charge in [-0.3, -0.25) is 32.5 Å². The van der Waals surface area contributed by atoms with Gasteiger partial charge in [-0.25, -0.2) is 9.13 Å². The van der Waals surface area contributed by atoms with Crippen LogP contribution in [0.3, 0.4) is 0 Å². The lowest BCUT2D eigenvalue weighted by atomic mass is 10.1. The summed E-state index contributed by atoms with van der Waals surface area (Å²) in [6, 6.07) is 0. The Kier molecular flexibility index (Phi) is 61.2. The van der Waals surface area contributed by atoms with E-state index >= 15 is 0 Å². The van der Waals surface area contributed by atoms with Crippen molar-refractivity contribution in [1.29, 1.82) is 0 Å². The molecule has 0 saturated carbocycles. The van der Waals surface area contributed by atoms with E-state index in [1.54, 1.807) is 0 Å². The molecule has 0 aliphatic heterocycles. The number of aliphatic hydroxyl groups is 2. The first-order valence-electron chi connectivity index (χ1n) is 33.8. The van der Waals surface area contributed by atoms with Gasteiger partial charge in [0.25, 0.3) is 0 Å². The largest absolute Gasteiger partial charge is 0.472 e. The van der Waals surface area contributed by atoms with Gasteiger partial charge in [0, 0.05) is 19.3 Å². The number of phosphoric acid groups is 2. The normalized spacial score (nSPS) is 15.0. The molecule has 5 atom stereocenters. The highest BCUT2D eigenvalue weighted by molar-refractivity contribution is 7.47. The second-order valence-electron chi connectivity index (χ2n) is 22.2. The lowest BCUT2D eigenvalue weighted by molar-refractivity contribution is -0.161. The third-order valence-electron chi connectivity index (χ3n) is 13.7. The lowest BCUT2D eigenvalue weighted by Gasteiger charge is -2.21. The molecular formula is C71H120O16P2. The van der Waals surface area contributed by atoms with E-state index in [-0.39, 0.29) is 19.3 Å². The number of unbranched alkanes of at least 4 members (excludes halogenated alkanes) is 20. The van der Waals surface area contributed by atoms with Crippen LogP contribution in [0.25, 0.3) is 0 Å². The summed E-state index contributed by atoms with van der Waals surface area (Å²) in [7, 11) is -9.80. The van der Waals surface area contributed by atoms with Gasteiger partial charge in [0.05, 0.1) is 26.4 Å². The molecule has 0 aliphatic rings. The number of hydrogen-bond acceptors (Lipinski definition) is 14. The maximum Gasteiger partial charge on any atom is 0.472 e. The standard InChI is InChI=1S/C71H120O16P2/c1-4-7-10-13-16-19-22-25-28-30-31-32-33-35-38-39-42-45-48-51-54-57-69(74)81-60-66(72)61-83-88(77,78)84-62-67(73)63-85-89(79,80)86-65-68(87-71(76)59-56-53-50-47-44-41-36-27-24-21-18-15-12-9-6-3)64-82-70(75)58-55-52-49-46-43-40-37-34-29-26-23-20-17-14-11-8-5-2/h7-8,10-11,16-17,19-20,25-29,31-32,35-36,38,42,45,66-68,72-73H,4-6,9,12-15,18,21-24,30,33-34,37,39-41,43-44,46-65H2,1-3H3,(H,77,78)(H,79,80)/b10-7-,11-8-,19-16-,20-17-,28-25-,29-26-,32-31-,36-27-,38-35-,45-42-. The zero-order chi connectivity index (χ0) is 65.3. The first kappa shape index (κ1) is 85.0. The van der Waals surface area contributed by atoms with Gasteiger partial charge in [-0.05, 0) is 128 Å². The average Bonchev–Trinajstić information content (AvgIpc) is 3.63. The van der Waals surface area contributed by atoms with Crippen LogP contribution in [0.4, 0.5) is 0 Å². The van der Waals surface area contributed by atoms with Crippen molar-refractivity contribution in [2.75, 3.05) is 39.6 Å². The van der Waals surface area contributed by atoms with Crippen LogP contribution in [0.2, 0.25) is 0 Å². The minimum Gasteiger partial charge on any atom is -0.463 e. The summed E-state index contributed by atoms with van der Waals surface area (Å²) >= 11 is 0. The zero-order valence-corrected chi connectivity index (χ0v) is 56.8. The predicted molar refractivity (Wildman–Crippen MR) is 362 cm³/mol. The van der Waals surface area contributed by atoms with Crippen molar-refractivity contribution < 1.29 is 75.8 Å². The minimum absolute atomic E-state index is 0.0892. The topological polar surface area (TPSA) is 231 Å². The van der Waals surface area contributed by atoms with Gasteiger partial charge in [0.1, 0.15) is 25.4 Å². The quantitative estimate of drug-likeness (QED) is 0.0146. The molecule has 18 heteroatoms. The van der Waals surface area contributed by atoms with Gasteiger partial charge in [-0.2, -0.15) is 0 Å². The van der Waals surface area contributed by atoms with Crippen LogP contribution in [0.1, 0.15) is 252 Å². The van der Waals surface area contributed by atoms with E-state index in [9.17, 15) is 43.5 Å². The van der Waals surface area contributed by atoms with Crippen LogP contribution in [0.15, 0.2) is 122 Å². The van der Waals surface area contributed by atoms with E-state index in [1.165, 1.54) is 38.5 Å². The zero-order valence-electron chi connectivity index (χ0n) is 55.1. The number of esters is 3. The summed E-state index contributed by atoms with van der Waals surface area (Å²) in [6.45, 7) is 2.35. The van der Waals surface area contributed by atoms with E-state index in [4.69, 9.17) is 32.3 Å². The van der Waals surface area contributed by atoms with Gasteiger partial charge >= 0.3 is 33.6 Å². The van der Waals surface area contributed by atoms with Gasteiger partial charge in [-0.15, -0.1) is 0 Å². The predicted octanol–water partition coefficient (Wildman–Crippen LogP) is 18.6. The third-order valence-corrected chi connectivity index (χ3v) is 15.6. The van der Waals surface area contributed by atoms with E-state index < -0.39 is 91.5 Å². The van der Waals surface area contributed by atoms with E-state index in [0.717, 1.165) is 154 Å². The number of carbonyl (C=O) groups is 3. The molecule has 0 aromatic rings. The molecule has 0 aromatic heterocycles. The fraction of sp³-hybridized carbons (Fsp3) is 0.676. The van der Waals surface area contributed by atoms with Crippen molar-refractivity contribution in [2.24, 2.45) is 0 Å². The summed E-state index contributed by atoms with van der Waals surface area (Å²) in [4.78, 5) is 58.3. The Hall–Kier alpha value is -4.05. The molecule has 0 fully saturated rings. The van der Waals surface area contributed by atoms with E-state index in [1.807, 2.05) is 0 Å². The number of phosphoric ester groups is 2. The van der Waals surface area contributed by atoms with Crippen LogP contribution in [0.5, 0.6) is 0 Å². The van der Waals surface area contributed by atoms with Crippen LogP contribution < -0.4 is 0 Å². The Morgan fingerprint density at radius 2 is 0.596 bits per heavy atom. The Morgan fingerprint density at radius 3 is 0.978 bits per heavy atom. The first-order valence-corrected chi connectivity index (χ1v) is 36.8. The molecule has 89 heavy (non-hydrogen) atoms. The molecule has 0 aromatic carbocycles. The summed E-state index contributed by atoms with van der Waals surface area (Å²) < 4.78 is 60.8. The van der Waals surface area contributed by atoms with Crippen molar-refractivity contribution in [1.82, 2.24) is 0 Å². The second-order valence-corrected chi connectivity index (χ2v) is 25.1. The SMILES string of the molecule is CC/C=C\C/C=C\C/C=C\C/C=C\C/C=C\C/C=C\CCCCC(=O)OCC(O)COP(=O)(O)OCC(O)COP(=O)(O)OCC(COC(=O)CCCCCCCCC/C=C\C/C=C\C/C=C\CC)OC(=O)CCCCCCC/C=C\CCCCCCCC. The Bertz CT molecular complexity index is 2110. The van der Waals surface area contributed by atoms with Crippen LogP contribution in [-0.2, 0) is 55.8 Å². The number of allylic oxidation sites excluding steroid dienone is 20. The highest BCUT2D eigenvalue weighted by Crippen LogP contribution is 2.45. The van der Waals surface area contributed by atoms with Crippen LogP contribution >= 0.6 is 15.6 Å². The van der Waals surface area contributed by atoms with E-state index in [2.05, 4.69) is 142 Å². The molecule has 0 heterocycles. The number of hydrogen-bond donors (Lipinski definition) is 4. The molecule has 0 saturated heterocycles. The van der Waals surface area contributed by atoms with Crippen molar-refractivity contribution in [3.63, 3.8) is 0 Å². The third kappa shape index (κ3) is 65.3. The molecule has 0 spiro atoms. The highest BCUT2D eigenvalue weighted by Gasteiger charge is 2.29. The summed E-state index contributed by atoms with van der Waals surface area (Å²) in [5, 5.41) is 20.5. The summed E-state index contributed by atoms with van der Waals surface area (Å²) in [5.41, 5.74) is 0. The Balaban J connectivity index is 4.71. The smallest absolute Gasteiger partial charge is 0.463 e. The summed E-state index contributed by atoms with van der Waals surface area (Å²) in [5.74, 6) is -1.64. The maximum atomic E-state index is 12.9. The second kappa shape index (κ2) is 64.1. The van der Waals surface area contributed by atoms with E-state index in [0.29, 0.717) is 19.3 Å². The number of ether oxygens (including phenoxy) is 3. The molecule has 0 amide bonds. The van der Waals surface area contributed by atoms with Crippen molar-refractivity contribution in [3.8, 4) is 0 Å². The number of aliphatic hydroxyl groups excluding tert-OH is 2. The van der Waals surface area contributed by atoms with Crippen LogP contribution in [0, 0.1) is 0 Å². The van der Waals surface area contributed by atoms with Crippen LogP contribution in [-0.4, -0.2) is 95.9 Å². The van der Waals surface area contributed by atoms with Gasteiger partial charge < -0.3 is 34.2 Å². The molecule has 0 rings (SSSR count). The van der Waals surface area contributed by atoms with Crippen molar-refractivity contribution >= 4 is 33.6 Å². The maximum absolute atomic E-state index is 12.9. The fourth-order valence-corrected chi connectivity index (χ4v) is 10.1. The summed E-state index contributed by atoms with van der Waals surface area (Å²) in [6.07, 6.45) is 72.5. The minimum atomic E-state index is -4.93. The molecule has 0 radical (unpaired) electrons. The van der Waals surface area contributed by atoms with Crippen molar-refractivity contribution in [3.05, 3.63) is 122 Å². The molecule has 5 unspecified atom stereocenters. The van der Waals surface area contributed by atoms with Crippen molar-refractivity contribution in [2.45, 2.75) is 270 Å². The fourth-order valence-electron chi connectivity index (χ4n) is 8.52. The average molecular weight is 1290 g/mol. The van der Waals surface area contributed by atoms with Gasteiger partial charge in [-0.1, -0.05) is 226 Å². The lowest BCUT2D eigenvalue weighted by Crippen LogP contribution is -2.30. The molecule has 4 N–H and O–H groups in total. The Labute approximate surface area is 538 Å². The Morgan fingerprint density at radius 1 is 0.326 bits per heavy atom. The van der Waals surface area contributed by atoms with Gasteiger partial charge in [0.2, 0.25) is 0 Å². The number of carbonyl (C=O) groups excluding carboxylic acids is 3. The van der Waals surface area contributed by atoms with Gasteiger partial charge in [0.15, 0.2) is 6.10 Å². The molecule has 510 valence electrons. The molecule has 16 nitrogen and oxygen atoms in total. The molecule has 0 bridgehead atoms. The first-order chi connectivity index (χ1) is 43.2.